The van der Waals surface area contributed by atoms with Gasteiger partial charge in [-0.05, 0) is 25.3 Å². The monoisotopic (exact) mass is 422 g/mol. The second-order valence-corrected chi connectivity index (χ2v) is 7.12. The molecule has 10 heteroatoms. The number of aliphatic carboxylic acids is 1. The predicted molar refractivity (Wildman–Crippen MR) is 106 cm³/mol. The van der Waals surface area contributed by atoms with Crippen LogP contribution >= 0.6 is 0 Å². The number of quaternary nitrogens is 2. The van der Waals surface area contributed by atoms with Crippen molar-refractivity contribution in [2.45, 2.75) is 50.7 Å². The van der Waals surface area contributed by atoms with E-state index in [1.807, 2.05) is 6.07 Å². The van der Waals surface area contributed by atoms with Crippen molar-refractivity contribution in [2.24, 2.45) is 0 Å². The number of carbonyl (C=O) groups excluding carboxylic acids is 4. The maximum Gasteiger partial charge on any atom is 0.278 e. The Hall–Kier alpha value is -2.98. The van der Waals surface area contributed by atoms with Gasteiger partial charge in [0.25, 0.3) is 5.91 Å². The van der Waals surface area contributed by atoms with E-state index in [0.717, 1.165) is 24.9 Å². The number of hydrogen-bond donors (Lipinski definition) is 5. The minimum absolute atomic E-state index is 0.162. The molecule has 9 N–H and O–H groups in total. The van der Waals surface area contributed by atoms with Crippen molar-refractivity contribution < 1.29 is 35.8 Å². The highest BCUT2D eigenvalue weighted by atomic mass is 16.4. The molecule has 30 heavy (non-hydrogen) atoms. The fourth-order valence-corrected chi connectivity index (χ4v) is 2.73. The third kappa shape index (κ3) is 9.48. The largest absolute Gasteiger partial charge is 0.548 e. The Labute approximate surface area is 175 Å². The Balaban J connectivity index is 2.71. The topological polar surface area (TPSA) is 183 Å². The zero-order valence-corrected chi connectivity index (χ0v) is 17.3. The highest BCUT2D eigenvalue weighted by Gasteiger charge is 2.26. The van der Waals surface area contributed by atoms with Crippen LogP contribution in [0.1, 0.15) is 31.7 Å². The lowest BCUT2D eigenvalue weighted by Gasteiger charge is -2.22. The van der Waals surface area contributed by atoms with Gasteiger partial charge in [0, 0.05) is 12.8 Å². The summed E-state index contributed by atoms with van der Waals surface area (Å²) in [5.41, 5.74) is 8.35. The summed E-state index contributed by atoms with van der Waals surface area (Å²) in [6.45, 7) is 1.63. The van der Waals surface area contributed by atoms with Crippen LogP contribution in [0.25, 0.3) is 0 Å². The van der Waals surface area contributed by atoms with Gasteiger partial charge in [0.2, 0.25) is 11.8 Å². The molecule has 1 aromatic carbocycles. The van der Waals surface area contributed by atoms with E-state index < -0.39 is 42.5 Å². The van der Waals surface area contributed by atoms with Crippen molar-refractivity contribution in [3.05, 3.63) is 35.9 Å². The standard InChI is InChI=1S/C20H31N5O5/c1-13(24-19(29)15(22)9-5-6-10-21)18(28)25-16(20(30)23-12-17(26)27)11-14-7-3-2-4-8-14/h2-4,7-8,13,15-16H,5-6,9-12,21-22H2,1H3,(H,23,30)(H,24,29)(H,25,28)(H,26,27)/p+1/t13-,15-,16-/m0/s1. The highest BCUT2D eigenvalue weighted by molar-refractivity contribution is 5.93. The summed E-state index contributed by atoms with van der Waals surface area (Å²) in [4.78, 5) is 47.8. The van der Waals surface area contributed by atoms with Crippen molar-refractivity contribution in [3.63, 3.8) is 0 Å². The van der Waals surface area contributed by atoms with Gasteiger partial charge in [0.05, 0.1) is 19.1 Å². The van der Waals surface area contributed by atoms with Gasteiger partial charge in [-0.3, -0.25) is 14.4 Å². The molecule has 0 unspecified atom stereocenters. The van der Waals surface area contributed by atoms with E-state index in [1.54, 1.807) is 24.3 Å². The zero-order valence-electron chi connectivity index (χ0n) is 17.3. The number of hydrogen-bond acceptors (Lipinski definition) is 5. The molecule has 0 aliphatic carbocycles. The summed E-state index contributed by atoms with van der Waals surface area (Å²) in [5.74, 6) is -2.99. The molecular formula is C20H32N5O5+. The van der Waals surface area contributed by atoms with E-state index >= 15 is 0 Å². The van der Waals surface area contributed by atoms with Crippen molar-refractivity contribution in [3.8, 4) is 0 Å². The molecule has 0 aromatic heterocycles. The molecule has 0 saturated heterocycles. The second kappa shape index (κ2) is 13.3. The van der Waals surface area contributed by atoms with Gasteiger partial charge in [-0.15, -0.1) is 0 Å². The maximum absolute atomic E-state index is 12.5. The number of unbranched alkanes of at least 4 members (excludes halogenated alkanes) is 1. The summed E-state index contributed by atoms with van der Waals surface area (Å²) < 4.78 is 0. The quantitative estimate of drug-likeness (QED) is 0.203. The molecule has 1 rings (SSSR count). The van der Waals surface area contributed by atoms with Crippen LogP contribution in [-0.2, 0) is 25.6 Å². The fourth-order valence-electron chi connectivity index (χ4n) is 2.73. The maximum atomic E-state index is 12.5. The average molecular weight is 423 g/mol. The number of carboxylic acid groups (broad SMARTS) is 1. The molecule has 0 bridgehead atoms. The van der Waals surface area contributed by atoms with Gasteiger partial charge in [-0.25, -0.2) is 0 Å². The van der Waals surface area contributed by atoms with E-state index in [0.29, 0.717) is 6.42 Å². The van der Waals surface area contributed by atoms with Crippen molar-refractivity contribution in [1.29, 1.82) is 0 Å². The van der Waals surface area contributed by atoms with Crippen LogP contribution in [0.5, 0.6) is 0 Å². The average Bonchev–Trinajstić information content (AvgIpc) is 2.72. The van der Waals surface area contributed by atoms with Crippen LogP contribution < -0.4 is 32.5 Å². The molecule has 1 aromatic rings. The van der Waals surface area contributed by atoms with E-state index in [-0.39, 0.29) is 12.3 Å². The molecule has 10 nitrogen and oxygen atoms in total. The van der Waals surface area contributed by atoms with Crippen LogP contribution in [0.4, 0.5) is 0 Å². The Morgan fingerprint density at radius 2 is 1.67 bits per heavy atom. The van der Waals surface area contributed by atoms with Crippen LogP contribution in [0.2, 0.25) is 0 Å². The minimum Gasteiger partial charge on any atom is -0.548 e. The lowest BCUT2D eigenvalue weighted by Crippen LogP contribution is -2.68. The van der Waals surface area contributed by atoms with Gasteiger partial charge >= 0.3 is 0 Å². The molecule has 3 atom stereocenters. The van der Waals surface area contributed by atoms with Gasteiger partial charge < -0.3 is 37.3 Å². The molecule has 0 heterocycles. The lowest BCUT2D eigenvalue weighted by molar-refractivity contribution is -0.406. The van der Waals surface area contributed by atoms with Crippen LogP contribution in [0.3, 0.4) is 0 Å². The third-order valence-electron chi connectivity index (χ3n) is 4.50. The molecule has 166 valence electrons. The van der Waals surface area contributed by atoms with Crippen LogP contribution in [-0.4, -0.2) is 54.9 Å². The first-order valence-corrected chi connectivity index (χ1v) is 9.99. The normalized spacial score (nSPS) is 13.6. The van der Waals surface area contributed by atoms with Gasteiger partial charge in [0.15, 0.2) is 6.04 Å². The Morgan fingerprint density at radius 1 is 1.00 bits per heavy atom. The van der Waals surface area contributed by atoms with E-state index in [1.165, 1.54) is 6.92 Å². The molecule has 0 spiro atoms. The number of carbonyl (C=O) groups is 4. The summed E-state index contributed by atoms with van der Waals surface area (Å²) in [6, 6.07) is 6.59. The first kappa shape index (κ1) is 25.1. The molecule has 3 amide bonds. The molecule has 0 saturated carbocycles. The first-order chi connectivity index (χ1) is 14.2. The van der Waals surface area contributed by atoms with Crippen LogP contribution in [0.15, 0.2) is 30.3 Å². The number of benzene rings is 1. The number of carboxylic acids is 1. The Bertz CT molecular complexity index is 713. The Morgan fingerprint density at radius 3 is 2.27 bits per heavy atom. The Kier molecular flexibility index (Phi) is 11.1. The first-order valence-electron chi connectivity index (χ1n) is 9.99. The highest BCUT2D eigenvalue weighted by Crippen LogP contribution is 2.04. The van der Waals surface area contributed by atoms with Crippen molar-refractivity contribution in [2.75, 3.05) is 13.1 Å². The molecule has 0 fully saturated rings. The minimum atomic E-state index is -1.44. The van der Waals surface area contributed by atoms with E-state index in [2.05, 4.69) is 27.4 Å². The molecule has 0 aliphatic heterocycles. The SMILES string of the molecule is C[C@H](NC(=O)[C@@H]([NH3+])CCCC[NH3+])C(=O)N[C@@H](Cc1ccccc1)C(=O)NCC(=O)[O-]. The third-order valence-corrected chi connectivity index (χ3v) is 4.50. The lowest BCUT2D eigenvalue weighted by atomic mass is 10.0. The van der Waals surface area contributed by atoms with Gasteiger partial charge in [-0.1, -0.05) is 30.3 Å². The number of amides is 3. The molecule has 0 radical (unpaired) electrons. The predicted octanol–water partition coefficient (Wildman–Crippen LogP) is -3.89. The van der Waals surface area contributed by atoms with Crippen LogP contribution in [0, 0.1) is 0 Å². The van der Waals surface area contributed by atoms with Gasteiger partial charge in [-0.2, -0.15) is 0 Å². The summed E-state index contributed by atoms with van der Waals surface area (Å²) in [5, 5.41) is 18.0. The number of rotatable bonds is 13. The summed E-state index contributed by atoms with van der Waals surface area (Å²) in [6.07, 6.45) is 2.48. The van der Waals surface area contributed by atoms with Crippen molar-refractivity contribution in [1.82, 2.24) is 16.0 Å². The molecule has 0 aliphatic rings. The smallest absolute Gasteiger partial charge is 0.278 e. The summed E-state index contributed by atoms with van der Waals surface area (Å²) in [7, 11) is 0. The zero-order chi connectivity index (χ0) is 22.5. The molecular weight excluding hydrogens is 390 g/mol. The van der Waals surface area contributed by atoms with E-state index in [9.17, 15) is 24.3 Å². The number of nitrogens with one attached hydrogen (secondary N) is 3. The summed E-state index contributed by atoms with van der Waals surface area (Å²) >= 11 is 0. The van der Waals surface area contributed by atoms with E-state index in [4.69, 9.17) is 0 Å². The second-order valence-electron chi connectivity index (χ2n) is 7.12. The van der Waals surface area contributed by atoms with Crippen molar-refractivity contribution >= 4 is 23.7 Å². The fraction of sp³-hybridized carbons (Fsp3) is 0.500. The van der Waals surface area contributed by atoms with Gasteiger partial charge in [0.1, 0.15) is 12.1 Å².